The molecule has 3 aromatic rings. The normalized spacial score (nSPS) is 10.9. The van der Waals surface area contributed by atoms with Crippen LogP contribution in [-0.2, 0) is 13.0 Å². The largest absolute Gasteiger partial charge is 0.361 e. The summed E-state index contributed by atoms with van der Waals surface area (Å²) >= 11 is 0. The lowest BCUT2D eigenvalue weighted by atomic mass is 10.1. The van der Waals surface area contributed by atoms with Gasteiger partial charge in [0.15, 0.2) is 0 Å². The fourth-order valence-corrected chi connectivity index (χ4v) is 2.38. The fourth-order valence-electron chi connectivity index (χ4n) is 2.38. The van der Waals surface area contributed by atoms with Gasteiger partial charge in [-0.3, -0.25) is 0 Å². The second-order valence-corrected chi connectivity index (χ2v) is 4.77. The maximum absolute atomic E-state index is 3.51. The second kappa shape index (κ2) is 5.72. The number of para-hydroxylation sites is 1. The Morgan fingerprint density at radius 2 is 1.68 bits per heavy atom. The first kappa shape index (κ1) is 12.0. The summed E-state index contributed by atoms with van der Waals surface area (Å²) < 4.78 is 0. The van der Waals surface area contributed by atoms with Crippen molar-refractivity contribution in [2.24, 2.45) is 0 Å². The van der Waals surface area contributed by atoms with Crippen molar-refractivity contribution < 1.29 is 0 Å². The third-order valence-electron chi connectivity index (χ3n) is 3.42. The Bertz CT molecular complexity index is 640. The first-order chi connectivity index (χ1) is 9.43. The SMILES string of the molecule is c1ccc(CCNCc2c[nH]c3ccccc23)cc1. The van der Waals surface area contributed by atoms with Gasteiger partial charge < -0.3 is 10.3 Å². The maximum Gasteiger partial charge on any atom is 0.0457 e. The Hall–Kier alpha value is -2.06. The van der Waals surface area contributed by atoms with Crippen LogP contribution >= 0.6 is 0 Å². The van der Waals surface area contributed by atoms with Crippen LogP contribution in [0.25, 0.3) is 10.9 Å². The van der Waals surface area contributed by atoms with E-state index in [1.54, 1.807) is 0 Å². The van der Waals surface area contributed by atoms with Crippen molar-refractivity contribution in [3.05, 3.63) is 71.9 Å². The molecule has 19 heavy (non-hydrogen) atoms. The van der Waals surface area contributed by atoms with Crippen molar-refractivity contribution in [1.29, 1.82) is 0 Å². The van der Waals surface area contributed by atoms with Crippen molar-refractivity contribution in [2.75, 3.05) is 6.54 Å². The van der Waals surface area contributed by atoms with Crippen LogP contribution < -0.4 is 5.32 Å². The van der Waals surface area contributed by atoms with E-state index in [0.717, 1.165) is 19.5 Å². The first-order valence-corrected chi connectivity index (χ1v) is 6.73. The molecule has 1 aromatic heterocycles. The molecule has 3 rings (SSSR count). The summed E-state index contributed by atoms with van der Waals surface area (Å²) in [5, 5.41) is 4.82. The standard InChI is InChI=1S/C17H18N2/c1-2-6-14(7-3-1)10-11-18-12-15-13-19-17-9-5-4-8-16(15)17/h1-9,13,18-19H,10-12H2. The maximum atomic E-state index is 3.51. The predicted octanol–water partition coefficient (Wildman–Crippen LogP) is 3.50. The van der Waals surface area contributed by atoms with E-state index in [9.17, 15) is 0 Å². The molecule has 0 fully saturated rings. The lowest BCUT2D eigenvalue weighted by Crippen LogP contribution is -2.16. The number of H-pyrrole nitrogens is 1. The van der Waals surface area contributed by atoms with E-state index < -0.39 is 0 Å². The van der Waals surface area contributed by atoms with Gasteiger partial charge in [0.2, 0.25) is 0 Å². The van der Waals surface area contributed by atoms with Crippen molar-refractivity contribution in [3.63, 3.8) is 0 Å². The molecular formula is C17H18N2. The summed E-state index contributed by atoms with van der Waals surface area (Å²) in [4.78, 5) is 3.31. The van der Waals surface area contributed by atoms with E-state index in [1.165, 1.54) is 22.0 Å². The topological polar surface area (TPSA) is 27.8 Å². The van der Waals surface area contributed by atoms with Crippen molar-refractivity contribution >= 4 is 10.9 Å². The van der Waals surface area contributed by atoms with Crippen LogP contribution in [0.15, 0.2) is 60.8 Å². The van der Waals surface area contributed by atoms with Gasteiger partial charge in [-0.15, -0.1) is 0 Å². The van der Waals surface area contributed by atoms with Crippen LogP contribution in [0.5, 0.6) is 0 Å². The first-order valence-electron chi connectivity index (χ1n) is 6.73. The molecule has 2 N–H and O–H groups in total. The van der Waals surface area contributed by atoms with Crippen molar-refractivity contribution in [2.45, 2.75) is 13.0 Å². The van der Waals surface area contributed by atoms with Gasteiger partial charge in [-0.05, 0) is 30.2 Å². The third kappa shape index (κ3) is 2.85. The average molecular weight is 250 g/mol. The molecule has 0 aliphatic carbocycles. The molecule has 2 heteroatoms. The lowest BCUT2D eigenvalue weighted by Gasteiger charge is -2.04. The number of benzene rings is 2. The van der Waals surface area contributed by atoms with Gasteiger partial charge in [-0.1, -0.05) is 48.5 Å². The highest BCUT2D eigenvalue weighted by Crippen LogP contribution is 2.17. The van der Waals surface area contributed by atoms with Gasteiger partial charge in [0.25, 0.3) is 0 Å². The quantitative estimate of drug-likeness (QED) is 0.666. The van der Waals surface area contributed by atoms with Crippen LogP contribution in [0, 0.1) is 0 Å². The lowest BCUT2D eigenvalue weighted by molar-refractivity contribution is 0.689. The number of hydrogen-bond donors (Lipinski definition) is 2. The summed E-state index contributed by atoms with van der Waals surface area (Å²) in [5.41, 5.74) is 3.93. The number of hydrogen-bond acceptors (Lipinski definition) is 1. The minimum absolute atomic E-state index is 0.914. The predicted molar refractivity (Wildman–Crippen MR) is 80.2 cm³/mol. The van der Waals surface area contributed by atoms with Gasteiger partial charge >= 0.3 is 0 Å². The highest BCUT2D eigenvalue weighted by Gasteiger charge is 2.01. The zero-order chi connectivity index (χ0) is 12.9. The number of nitrogens with one attached hydrogen (secondary N) is 2. The molecule has 0 amide bonds. The Morgan fingerprint density at radius 1 is 0.895 bits per heavy atom. The van der Waals surface area contributed by atoms with E-state index in [-0.39, 0.29) is 0 Å². The van der Waals surface area contributed by atoms with Crippen molar-refractivity contribution in [3.8, 4) is 0 Å². The minimum Gasteiger partial charge on any atom is -0.361 e. The molecule has 0 radical (unpaired) electrons. The Labute approximate surface area is 113 Å². The van der Waals surface area contributed by atoms with Crippen LogP contribution in [0.2, 0.25) is 0 Å². The molecule has 0 saturated heterocycles. The summed E-state index contributed by atoms with van der Waals surface area (Å²) in [5.74, 6) is 0. The zero-order valence-electron chi connectivity index (χ0n) is 10.9. The van der Waals surface area contributed by atoms with Gasteiger partial charge in [0.1, 0.15) is 0 Å². The van der Waals surface area contributed by atoms with E-state index >= 15 is 0 Å². The molecule has 96 valence electrons. The van der Waals surface area contributed by atoms with Gasteiger partial charge in [-0.25, -0.2) is 0 Å². The highest BCUT2D eigenvalue weighted by atomic mass is 14.9. The molecule has 0 saturated carbocycles. The zero-order valence-corrected chi connectivity index (χ0v) is 10.9. The van der Waals surface area contributed by atoms with E-state index in [4.69, 9.17) is 0 Å². The molecular weight excluding hydrogens is 232 g/mol. The molecule has 0 aliphatic rings. The molecule has 2 nitrogen and oxygen atoms in total. The average Bonchev–Trinajstić information content (AvgIpc) is 2.88. The molecule has 0 bridgehead atoms. The summed E-state index contributed by atoms with van der Waals surface area (Å²) in [6.45, 7) is 1.92. The summed E-state index contributed by atoms with van der Waals surface area (Å²) in [6, 6.07) is 19.0. The van der Waals surface area contributed by atoms with Gasteiger partial charge in [0.05, 0.1) is 0 Å². The molecule has 1 heterocycles. The third-order valence-corrected chi connectivity index (χ3v) is 3.42. The summed E-state index contributed by atoms with van der Waals surface area (Å²) in [7, 11) is 0. The number of fused-ring (bicyclic) bond motifs is 1. The smallest absolute Gasteiger partial charge is 0.0457 e. The van der Waals surface area contributed by atoms with Gasteiger partial charge in [-0.2, -0.15) is 0 Å². The Balaban J connectivity index is 1.55. The second-order valence-electron chi connectivity index (χ2n) is 4.77. The highest BCUT2D eigenvalue weighted by molar-refractivity contribution is 5.82. The summed E-state index contributed by atoms with van der Waals surface area (Å²) in [6.07, 6.45) is 3.17. The number of rotatable bonds is 5. The molecule has 2 aromatic carbocycles. The fraction of sp³-hybridized carbons (Fsp3) is 0.176. The van der Waals surface area contributed by atoms with E-state index in [1.807, 2.05) is 0 Å². The monoisotopic (exact) mass is 250 g/mol. The minimum atomic E-state index is 0.914. The van der Waals surface area contributed by atoms with Crippen LogP contribution in [0.4, 0.5) is 0 Å². The van der Waals surface area contributed by atoms with E-state index in [0.29, 0.717) is 0 Å². The Kier molecular flexibility index (Phi) is 3.61. The molecule has 0 spiro atoms. The van der Waals surface area contributed by atoms with Crippen LogP contribution in [0.1, 0.15) is 11.1 Å². The van der Waals surface area contributed by atoms with Gasteiger partial charge in [0, 0.05) is 23.6 Å². The number of aromatic amines is 1. The number of aromatic nitrogens is 1. The molecule has 0 unspecified atom stereocenters. The molecule has 0 aliphatic heterocycles. The van der Waals surface area contributed by atoms with Crippen molar-refractivity contribution in [1.82, 2.24) is 10.3 Å². The van der Waals surface area contributed by atoms with Crippen LogP contribution in [-0.4, -0.2) is 11.5 Å². The Morgan fingerprint density at radius 3 is 2.58 bits per heavy atom. The molecule has 0 atom stereocenters. The van der Waals surface area contributed by atoms with E-state index in [2.05, 4.69) is 71.1 Å². The van der Waals surface area contributed by atoms with Crippen LogP contribution in [0.3, 0.4) is 0 Å².